The molecule has 0 aliphatic heterocycles. The van der Waals surface area contributed by atoms with Crippen LogP contribution in [0.3, 0.4) is 0 Å². The van der Waals surface area contributed by atoms with Crippen molar-refractivity contribution < 1.29 is 22.7 Å². The molecule has 0 unspecified atom stereocenters. The molecule has 1 N–H and O–H groups in total. The number of anilines is 2. The fourth-order valence-electron chi connectivity index (χ4n) is 2.40. The first-order valence-electron chi connectivity index (χ1n) is 8.58. The first-order chi connectivity index (χ1) is 13.7. The van der Waals surface area contributed by atoms with Gasteiger partial charge in [-0.3, -0.25) is 19.2 Å². The van der Waals surface area contributed by atoms with Gasteiger partial charge in [0.15, 0.2) is 4.34 Å². The molecular formula is C17H22N4O5S3. The Labute approximate surface area is 177 Å². The van der Waals surface area contributed by atoms with Gasteiger partial charge in [0, 0.05) is 0 Å². The van der Waals surface area contributed by atoms with Crippen LogP contribution in [0.2, 0.25) is 0 Å². The molecule has 0 radical (unpaired) electrons. The summed E-state index contributed by atoms with van der Waals surface area (Å²) in [5, 5.41) is 10.5. The summed E-state index contributed by atoms with van der Waals surface area (Å²) in [4.78, 5) is 23.8. The van der Waals surface area contributed by atoms with Crippen LogP contribution in [0.4, 0.5) is 10.8 Å². The maximum Gasteiger partial charge on any atom is 0.316 e. The van der Waals surface area contributed by atoms with Crippen molar-refractivity contribution in [3.63, 3.8) is 0 Å². The van der Waals surface area contributed by atoms with Crippen LogP contribution in [0.1, 0.15) is 19.4 Å². The van der Waals surface area contributed by atoms with E-state index in [-0.39, 0.29) is 10.9 Å². The number of hydrogen-bond acceptors (Lipinski definition) is 9. The van der Waals surface area contributed by atoms with Crippen LogP contribution < -0.4 is 9.62 Å². The second-order valence-electron chi connectivity index (χ2n) is 5.98. The van der Waals surface area contributed by atoms with Gasteiger partial charge in [-0.2, -0.15) is 0 Å². The molecule has 1 amide bonds. The monoisotopic (exact) mass is 458 g/mol. The van der Waals surface area contributed by atoms with Crippen LogP contribution in [-0.4, -0.2) is 55.7 Å². The Morgan fingerprint density at radius 3 is 2.48 bits per heavy atom. The van der Waals surface area contributed by atoms with E-state index < -0.39 is 27.9 Å². The number of esters is 1. The van der Waals surface area contributed by atoms with E-state index >= 15 is 0 Å². The molecule has 2 rings (SSSR count). The fraction of sp³-hybridized carbons (Fsp3) is 0.412. The van der Waals surface area contributed by atoms with Gasteiger partial charge in [0.05, 0.1) is 24.8 Å². The summed E-state index contributed by atoms with van der Waals surface area (Å²) in [6.45, 7) is 3.50. The van der Waals surface area contributed by atoms with Crippen molar-refractivity contribution in [1.82, 2.24) is 10.2 Å². The average molecular weight is 459 g/mol. The lowest BCUT2D eigenvalue weighted by atomic mass is 10.1. The highest BCUT2D eigenvalue weighted by Gasteiger charge is 2.29. The zero-order valence-corrected chi connectivity index (χ0v) is 18.9. The molecule has 0 spiro atoms. The quantitative estimate of drug-likeness (QED) is 0.345. The van der Waals surface area contributed by atoms with Crippen LogP contribution >= 0.6 is 23.1 Å². The Morgan fingerprint density at radius 1 is 1.28 bits per heavy atom. The van der Waals surface area contributed by atoms with Gasteiger partial charge in [0.2, 0.25) is 21.1 Å². The van der Waals surface area contributed by atoms with Gasteiger partial charge in [0.25, 0.3) is 0 Å². The standard InChI is InChI=1S/C17H22N4O5S3/c1-5-12-6-8-13(9-7-12)21(29(4,24)25)11(2)15(23)18-16-19-20-17(28-16)27-10-14(22)26-3/h6-9,11H,5,10H2,1-4H3,(H,18,19,23)/t11-/m1/s1. The SMILES string of the molecule is CCc1ccc(N([C@H](C)C(=O)Nc2nnc(SCC(=O)OC)s2)S(C)(=O)=O)cc1. The molecule has 0 aliphatic carbocycles. The van der Waals surface area contributed by atoms with Gasteiger partial charge < -0.3 is 4.74 Å². The Balaban J connectivity index is 2.13. The highest BCUT2D eigenvalue weighted by Crippen LogP contribution is 2.27. The maximum absolute atomic E-state index is 12.7. The highest BCUT2D eigenvalue weighted by atomic mass is 32.2. The van der Waals surface area contributed by atoms with Gasteiger partial charge in [0.1, 0.15) is 6.04 Å². The number of aryl methyl sites for hydroxylation is 1. The van der Waals surface area contributed by atoms with Crippen molar-refractivity contribution in [2.45, 2.75) is 30.6 Å². The normalized spacial score (nSPS) is 12.3. The molecular weight excluding hydrogens is 436 g/mol. The van der Waals surface area contributed by atoms with E-state index in [0.717, 1.165) is 45.6 Å². The third-order valence-electron chi connectivity index (χ3n) is 3.87. The molecule has 0 saturated carbocycles. The average Bonchev–Trinajstić information content (AvgIpc) is 3.12. The van der Waals surface area contributed by atoms with Gasteiger partial charge in [-0.1, -0.05) is 42.2 Å². The molecule has 1 aromatic heterocycles. The molecule has 29 heavy (non-hydrogen) atoms. The lowest BCUT2D eigenvalue weighted by Crippen LogP contribution is -2.45. The van der Waals surface area contributed by atoms with Crippen LogP contribution in [0, 0.1) is 0 Å². The molecule has 1 atom stereocenters. The number of nitrogens with zero attached hydrogens (tertiary/aromatic N) is 3. The molecule has 158 valence electrons. The Morgan fingerprint density at radius 2 is 1.93 bits per heavy atom. The number of nitrogens with one attached hydrogen (secondary N) is 1. The van der Waals surface area contributed by atoms with Crippen molar-refractivity contribution in [2.75, 3.05) is 28.7 Å². The summed E-state index contributed by atoms with van der Waals surface area (Å²) in [6, 6.07) is 6.00. The number of carbonyl (C=O) groups excluding carboxylic acids is 2. The topological polar surface area (TPSA) is 119 Å². The van der Waals surface area contributed by atoms with Crippen molar-refractivity contribution in [3.8, 4) is 0 Å². The number of methoxy groups -OCH3 is 1. The predicted molar refractivity (Wildman–Crippen MR) is 114 cm³/mol. The van der Waals surface area contributed by atoms with E-state index in [0.29, 0.717) is 10.0 Å². The number of ether oxygens (including phenoxy) is 1. The number of thioether (sulfide) groups is 1. The van der Waals surface area contributed by atoms with Crippen molar-refractivity contribution in [3.05, 3.63) is 29.8 Å². The van der Waals surface area contributed by atoms with Crippen molar-refractivity contribution in [1.29, 1.82) is 0 Å². The molecule has 0 aliphatic rings. The maximum atomic E-state index is 12.7. The van der Waals surface area contributed by atoms with Gasteiger partial charge in [-0.15, -0.1) is 10.2 Å². The van der Waals surface area contributed by atoms with E-state index in [1.54, 1.807) is 12.1 Å². The number of amides is 1. The minimum absolute atomic E-state index is 0.0745. The minimum Gasteiger partial charge on any atom is -0.468 e. The fourth-order valence-corrected chi connectivity index (χ4v) is 5.16. The van der Waals surface area contributed by atoms with E-state index in [4.69, 9.17) is 0 Å². The van der Waals surface area contributed by atoms with E-state index in [9.17, 15) is 18.0 Å². The van der Waals surface area contributed by atoms with Crippen LogP contribution in [0.5, 0.6) is 0 Å². The summed E-state index contributed by atoms with van der Waals surface area (Å²) in [6.07, 6.45) is 1.87. The first kappa shape index (κ1) is 23.1. The molecule has 1 heterocycles. The Kier molecular flexibility index (Phi) is 7.99. The lowest BCUT2D eigenvalue weighted by Gasteiger charge is -2.28. The second-order valence-corrected chi connectivity index (χ2v) is 10.0. The summed E-state index contributed by atoms with van der Waals surface area (Å²) >= 11 is 2.22. The summed E-state index contributed by atoms with van der Waals surface area (Å²) < 4.78 is 30.8. The number of aromatic nitrogens is 2. The number of carbonyl (C=O) groups is 2. The van der Waals surface area contributed by atoms with Gasteiger partial charge in [-0.25, -0.2) is 8.42 Å². The Hall–Kier alpha value is -2.18. The van der Waals surface area contributed by atoms with Gasteiger partial charge in [-0.05, 0) is 31.0 Å². The highest BCUT2D eigenvalue weighted by molar-refractivity contribution is 8.01. The molecule has 12 heteroatoms. The zero-order valence-electron chi connectivity index (χ0n) is 16.4. The van der Waals surface area contributed by atoms with Crippen LogP contribution in [-0.2, 0) is 30.8 Å². The summed E-state index contributed by atoms with van der Waals surface area (Å²) in [5.74, 6) is -0.872. The smallest absolute Gasteiger partial charge is 0.316 e. The number of hydrogen-bond donors (Lipinski definition) is 1. The number of rotatable bonds is 9. The van der Waals surface area contributed by atoms with E-state index in [1.807, 2.05) is 19.1 Å². The number of benzene rings is 1. The molecule has 1 aromatic carbocycles. The van der Waals surface area contributed by atoms with E-state index in [2.05, 4.69) is 20.3 Å². The second kappa shape index (κ2) is 10.0. The third kappa shape index (κ3) is 6.41. The Bertz CT molecular complexity index is 960. The number of sulfonamides is 1. The predicted octanol–water partition coefficient (Wildman–Crippen LogP) is 2.16. The molecule has 0 saturated heterocycles. The summed E-state index contributed by atoms with van der Waals surface area (Å²) in [5.41, 5.74) is 1.46. The van der Waals surface area contributed by atoms with Crippen LogP contribution in [0.15, 0.2) is 28.6 Å². The van der Waals surface area contributed by atoms with E-state index in [1.165, 1.54) is 14.0 Å². The first-order valence-corrected chi connectivity index (χ1v) is 12.2. The van der Waals surface area contributed by atoms with Crippen LogP contribution in [0.25, 0.3) is 0 Å². The third-order valence-corrected chi connectivity index (χ3v) is 7.05. The van der Waals surface area contributed by atoms with Crippen molar-refractivity contribution >= 4 is 55.8 Å². The minimum atomic E-state index is -3.71. The molecule has 2 aromatic rings. The summed E-state index contributed by atoms with van der Waals surface area (Å²) in [7, 11) is -2.41. The molecule has 0 bridgehead atoms. The molecule has 0 fully saturated rings. The van der Waals surface area contributed by atoms with Crippen molar-refractivity contribution in [2.24, 2.45) is 0 Å². The molecule has 9 nitrogen and oxygen atoms in total. The zero-order chi connectivity index (χ0) is 21.6. The van der Waals surface area contributed by atoms with Gasteiger partial charge >= 0.3 is 5.97 Å². The lowest BCUT2D eigenvalue weighted by molar-refractivity contribution is -0.137. The largest absolute Gasteiger partial charge is 0.468 e.